The van der Waals surface area contributed by atoms with Gasteiger partial charge in [-0.3, -0.25) is 14.8 Å². The summed E-state index contributed by atoms with van der Waals surface area (Å²) in [5, 5.41) is 11.3. The molecule has 0 saturated heterocycles. The van der Waals surface area contributed by atoms with Gasteiger partial charge in [-0.25, -0.2) is 8.42 Å². The summed E-state index contributed by atoms with van der Waals surface area (Å²) in [5.41, 5.74) is 2.51. The van der Waals surface area contributed by atoms with E-state index < -0.39 is 15.9 Å². The van der Waals surface area contributed by atoms with Crippen molar-refractivity contribution in [2.45, 2.75) is 21.9 Å². The highest BCUT2D eigenvalue weighted by Crippen LogP contribution is 2.29. The summed E-state index contributed by atoms with van der Waals surface area (Å²) >= 11 is 2.83. The zero-order valence-electron chi connectivity index (χ0n) is 17.6. The minimum atomic E-state index is -3.77. The van der Waals surface area contributed by atoms with Crippen molar-refractivity contribution in [3.63, 3.8) is 0 Å². The maximum absolute atomic E-state index is 12.7. The Labute approximate surface area is 200 Å². The summed E-state index contributed by atoms with van der Waals surface area (Å²) in [7, 11) is -3.77. The molecule has 0 aliphatic carbocycles. The van der Waals surface area contributed by atoms with E-state index in [9.17, 15) is 13.2 Å². The lowest BCUT2D eigenvalue weighted by Gasteiger charge is -2.12. The monoisotopic (exact) mass is 496 g/mol. The quantitative estimate of drug-likeness (QED) is 0.257. The van der Waals surface area contributed by atoms with E-state index in [1.807, 2.05) is 30.3 Å². The molecule has 4 aromatic rings. The van der Waals surface area contributed by atoms with Crippen molar-refractivity contribution < 1.29 is 13.2 Å². The van der Waals surface area contributed by atoms with Gasteiger partial charge in [0.15, 0.2) is 4.34 Å². The minimum absolute atomic E-state index is 0.147. The Morgan fingerprint density at radius 2 is 1.67 bits per heavy atom. The van der Waals surface area contributed by atoms with Crippen molar-refractivity contribution in [1.29, 1.82) is 0 Å². The highest BCUT2D eigenvalue weighted by Gasteiger charge is 2.17. The van der Waals surface area contributed by atoms with Crippen molar-refractivity contribution >= 4 is 49.8 Å². The summed E-state index contributed by atoms with van der Waals surface area (Å²) in [6, 6.07) is 22.9. The van der Waals surface area contributed by atoms with Crippen LogP contribution in [0.3, 0.4) is 0 Å². The lowest BCUT2D eigenvalue weighted by Crippen LogP contribution is -2.16. The molecule has 1 aromatic heterocycles. The second-order valence-electron chi connectivity index (χ2n) is 7.05. The molecule has 0 spiro atoms. The molecular weight excluding hydrogens is 476 g/mol. The Kier molecular flexibility index (Phi) is 7.07. The Morgan fingerprint density at radius 1 is 0.970 bits per heavy atom. The van der Waals surface area contributed by atoms with Gasteiger partial charge in [0.05, 0.1) is 10.6 Å². The van der Waals surface area contributed by atoms with Gasteiger partial charge in [-0.1, -0.05) is 77.7 Å². The Bertz CT molecular complexity index is 1360. The summed E-state index contributed by atoms with van der Waals surface area (Å²) < 4.78 is 28.6. The van der Waals surface area contributed by atoms with E-state index in [2.05, 4.69) is 20.2 Å². The van der Waals surface area contributed by atoms with Crippen molar-refractivity contribution in [2.75, 3.05) is 10.0 Å². The third-order valence-corrected chi connectivity index (χ3v) is 8.05. The number of hydrogen-bond donors (Lipinski definition) is 2. The first kappa shape index (κ1) is 23.0. The summed E-state index contributed by atoms with van der Waals surface area (Å²) in [6.07, 6.45) is 0. The van der Waals surface area contributed by atoms with E-state index in [1.54, 1.807) is 49.0 Å². The standard InChI is InChI=1S/C23H20N4O3S3/c1-16-12-13-18(14-20(16)27-33(29,30)19-10-6-3-7-11-19)21(28)24-22-25-26-23(32-22)31-15-17-8-4-2-5-9-17/h2-14,27H,15H2,1H3,(H,24,25,28). The number of carbonyl (C=O) groups is 1. The second-order valence-corrected chi connectivity index (χ2v) is 10.9. The Morgan fingerprint density at radius 3 is 2.39 bits per heavy atom. The van der Waals surface area contributed by atoms with Gasteiger partial charge < -0.3 is 0 Å². The number of hydrogen-bond acceptors (Lipinski definition) is 7. The van der Waals surface area contributed by atoms with Crippen LogP contribution < -0.4 is 10.0 Å². The molecule has 2 N–H and O–H groups in total. The molecule has 7 nitrogen and oxygen atoms in total. The predicted octanol–water partition coefficient (Wildman–Crippen LogP) is 5.19. The van der Waals surface area contributed by atoms with Gasteiger partial charge in [-0.15, -0.1) is 10.2 Å². The van der Waals surface area contributed by atoms with Gasteiger partial charge in [-0.2, -0.15) is 0 Å². The molecule has 168 valence electrons. The Balaban J connectivity index is 1.43. The van der Waals surface area contributed by atoms with Gasteiger partial charge in [0.1, 0.15) is 0 Å². The SMILES string of the molecule is Cc1ccc(C(=O)Nc2nnc(SCc3ccccc3)s2)cc1NS(=O)(=O)c1ccccc1. The molecule has 1 heterocycles. The predicted molar refractivity (Wildman–Crippen MR) is 132 cm³/mol. The number of nitrogens with zero attached hydrogens (tertiary/aromatic N) is 2. The van der Waals surface area contributed by atoms with E-state index in [0.717, 1.165) is 10.1 Å². The number of aryl methyl sites for hydroxylation is 1. The van der Waals surface area contributed by atoms with Crippen molar-refractivity contribution in [3.8, 4) is 0 Å². The average Bonchev–Trinajstić information content (AvgIpc) is 3.27. The number of aromatic nitrogens is 2. The largest absolute Gasteiger partial charge is 0.296 e. The number of nitrogens with one attached hydrogen (secondary N) is 2. The molecule has 0 bridgehead atoms. The van der Waals surface area contributed by atoms with Crippen LogP contribution in [0.25, 0.3) is 0 Å². The topological polar surface area (TPSA) is 101 Å². The van der Waals surface area contributed by atoms with Crippen LogP contribution >= 0.6 is 23.1 Å². The van der Waals surface area contributed by atoms with E-state index >= 15 is 0 Å². The van der Waals surface area contributed by atoms with E-state index in [0.29, 0.717) is 21.9 Å². The molecule has 1 amide bonds. The molecule has 0 unspecified atom stereocenters. The molecule has 10 heteroatoms. The van der Waals surface area contributed by atoms with Gasteiger partial charge in [-0.05, 0) is 42.3 Å². The molecule has 3 aromatic carbocycles. The van der Waals surface area contributed by atoms with E-state index in [1.165, 1.54) is 35.1 Å². The molecule has 4 rings (SSSR count). The highest BCUT2D eigenvalue weighted by atomic mass is 32.2. The number of thioether (sulfide) groups is 1. The maximum atomic E-state index is 12.7. The van der Waals surface area contributed by atoms with Crippen LogP contribution in [0.2, 0.25) is 0 Å². The fourth-order valence-electron chi connectivity index (χ4n) is 2.88. The van der Waals surface area contributed by atoms with Crippen LogP contribution in [0.15, 0.2) is 88.1 Å². The van der Waals surface area contributed by atoms with E-state index in [4.69, 9.17) is 0 Å². The molecule has 0 saturated carbocycles. The van der Waals surface area contributed by atoms with Gasteiger partial charge in [0.2, 0.25) is 5.13 Å². The molecule has 0 aliphatic heterocycles. The van der Waals surface area contributed by atoms with Crippen LogP contribution in [0.5, 0.6) is 0 Å². The molecular formula is C23H20N4O3S3. The van der Waals surface area contributed by atoms with Crippen LogP contribution in [0.4, 0.5) is 10.8 Å². The normalized spacial score (nSPS) is 11.2. The molecule has 0 fully saturated rings. The first-order chi connectivity index (χ1) is 15.9. The summed E-state index contributed by atoms with van der Waals surface area (Å²) in [6.45, 7) is 1.77. The molecule has 0 atom stereocenters. The van der Waals surface area contributed by atoms with Crippen LogP contribution in [0, 0.1) is 6.92 Å². The third kappa shape index (κ3) is 5.98. The van der Waals surface area contributed by atoms with Crippen LogP contribution in [-0.4, -0.2) is 24.5 Å². The smallest absolute Gasteiger partial charge is 0.261 e. The first-order valence-electron chi connectivity index (χ1n) is 9.91. The van der Waals surface area contributed by atoms with Crippen molar-refractivity contribution in [3.05, 3.63) is 95.6 Å². The fraction of sp³-hybridized carbons (Fsp3) is 0.0870. The number of carbonyl (C=O) groups excluding carboxylic acids is 1. The van der Waals surface area contributed by atoms with E-state index in [-0.39, 0.29) is 4.90 Å². The molecule has 0 aliphatic rings. The number of benzene rings is 3. The van der Waals surface area contributed by atoms with Crippen LogP contribution in [-0.2, 0) is 15.8 Å². The minimum Gasteiger partial charge on any atom is -0.296 e. The first-order valence-corrected chi connectivity index (χ1v) is 13.2. The fourth-order valence-corrected chi connectivity index (χ4v) is 5.73. The summed E-state index contributed by atoms with van der Waals surface area (Å²) in [4.78, 5) is 12.9. The highest BCUT2D eigenvalue weighted by molar-refractivity contribution is 8.00. The van der Waals surface area contributed by atoms with Crippen LogP contribution in [0.1, 0.15) is 21.5 Å². The lowest BCUT2D eigenvalue weighted by atomic mass is 10.1. The van der Waals surface area contributed by atoms with Gasteiger partial charge in [0, 0.05) is 11.3 Å². The maximum Gasteiger partial charge on any atom is 0.261 e. The third-order valence-electron chi connectivity index (χ3n) is 4.63. The number of sulfonamides is 1. The average molecular weight is 497 g/mol. The number of amides is 1. The molecule has 33 heavy (non-hydrogen) atoms. The van der Waals surface area contributed by atoms with Crippen molar-refractivity contribution in [1.82, 2.24) is 10.2 Å². The summed E-state index contributed by atoms with van der Waals surface area (Å²) in [5.74, 6) is 0.359. The van der Waals surface area contributed by atoms with Gasteiger partial charge >= 0.3 is 0 Å². The van der Waals surface area contributed by atoms with Crippen molar-refractivity contribution in [2.24, 2.45) is 0 Å². The number of rotatable bonds is 8. The second kappa shape index (κ2) is 10.2. The lowest BCUT2D eigenvalue weighted by molar-refractivity contribution is 0.102. The zero-order chi connectivity index (χ0) is 23.3. The van der Waals surface area contributed by atoms with Gasteiger partial charge in [0.25, 0.3) is 15.9 Å². The Hall–Kier alpha value is -3.21. The zero-order valence-corrected chi connectivity index (χ0v) is 20.0. The molecule has 0 radical (unpaired) electrons. The number of anilines is 2.